The second kappa shape index (κ2) is 13.1. The molecule has 0 aliphatic rings. The topological polar surface area (TPSA) is 3.24 Å². The van der Waals surface area contributed by atoms with Crippen LogP contribution >= 0.6 is 22.7 Å². The third-order valence-electron chi connectivity index (χ3n) is 10.8. The van der Waals surface area contributed by atoms with Gasteiger partial charge in [0.2, 0.25) is 0 Å². The molecule has 0 atom stereocenters. The molecule has 258 valence electrons. The molecule has 9 aromatic carbocycles. The number of benzene rings is 9. The fourth-order valence-electron chi connectivity index (χ4n) is 8.08. The first-order valence-corrected chi connectivity index (χ1v) is 20.3. The highest BCUT2D eigenvalue weighted by molar-refractivity contribution is 7.26. The molecule has 0 saturated heterocycles. The van der Waals surface area contributed by atoms with Crippen molar-refractivity contribution in [2.45, 2.75) is 0 Å². The van der Waals surface area contributed by atoms with E-state index in [9.17, 15) is 0 Å². The quantitative estimate of drug-likeness (QED) is 0.164. The van der Waals surface area contributed by atoms with Crippen LogP contribution in [0.3, 0.4) is 0 Å². The van der Waals surface area contributed by atoms with Crippen molar-refractivity contribution in [2.24, 2.45) is 0 Å². The van der Waals surface area contributed by atoms with E-state index in [2.05, 4.69) is 205 Å². The van der Waals surface area contributed by atoms with E-state index in [1.54, 1.807) is 0 Å². The van der Waals surface area contributed by atoms with Gasteiger partial charge in [0.25, 0.3) is 0 Å². The molecule has 0 fully saturated rings. The van der Waals surface area contributed by atoms with E-state index in [1.165, 1.54) is 84.5 Å². The summed E-state index contributed by atoms with van der Waals surface area (Å²) in [5.74, 6) is 0. The van der Waals surface area contributed by atoms with Crippen LogP contribution in [-0.4, -0.2) is 0 Å². The number of para-hydroxylation sites is 1. The lowest BCUT2D eigenvalue weighted by molar-refractivity contribution is 1.29. The summed E-state index contributed by atoms with van der Waals surface area (Å²) >= 11 is 3.73. The standard InChI is InChI=1S/C52H33NS2/c1-2-12-42(13-3-1)53(44-25-20-34-10-4-5-11-36(34)31-44)43-23-18-35(19-24-43)39-28-40(37-21-26-51-47(32-37)45-14-6-8-16-49(45)54-51)30-41(29-39)38-22-27-52-48(33-38)46-15-7-9-17-50(46)55-52/h1-33H. The predicted octanol–water partition coefficient (Wildman–Crippen LogP) is 16.0. The molecule has 0 spiro atoms. The average molecular weight is 736 g/mol. The molecule has 2 heterocycles. The molecule has 0 aliphatic heterocycles. The molecular formula is C52H33NS2. The monoisotopic (exact) mass is 735 g/mol. The normalized spacial score (nSPS) is 11.6. The van der Waals surface area contributed by atoms with Crippen LogP contribution in [-0.2, 0) is 0 Å². The highest BCUT2D eigenvalue weighted by atomic mass is 32.1. The summed E-state index contributed by atoms with van der Waals surface area (Å²) in [6.45, 7) is 0. The molecule has 0 unspecified atom stereocenters. The lowest BCUT2D eigenvalue weighted by Gasteiger charge is -2.26. The van der Waals surface area contributed by atoms with Gasteiger partial charge in [-0.15, -0.1) is 22.7 Å². The molecule has 55 heavy (non-hydrogen) atoms. The highest BCUT2D eigenvalue weighted by Gasteiger charge is 2.15. The van der Waals surface area contributed by atoms with Crippen molar-refractivity contribution in [3.63, 3.8) is 0 Å². The van der Waals surface area contributed by atoms with Crippen LogP contribution in [0.2, 0.25) is 0 Å². The van der Waals surface area contributed by atoms with E-state index in [0.29, 0.717) is 0 Å². The lowest BCUT2D eigenvalue weighted by atomic mass is 9.92. The molecule has 0 saturated carbocycles. The zero-order chi connectivity index (χ0) is 36.3. The van der Waals surface area contributed by atoms with Gasteiger partial charge in [-0.2, -0.15) is 0 Å². The molecule has 0 N–H and O–H groups in total. The Bertz CT molecular complexity index is 3080. The Morgan fingerprint density at radius 3 is 1.33 bits per heavy atom. The van der Waals surface area contributed by atoms with Gasteiger partial charge in [-0.25, -0.2) is 0 Å². The van der Waals surface area contributed by atoms with Crippen LogP contribution < -0.4 is 4.90 Å². The Morgan fingerprint density at radius 1 is 0.255 bits per heavy atom. The molecule has 11 rings (SSSR count). The van der Waals surface area contributed by atoms with Gasteiger partial charge < -0.3 is 4.90 Å². The van der Waals surface area contributed by atoms with Gasteiger partial charge in [0.05, 0.1) is 0 Å². The van der Waals surface area contributed by atoms with Gasteiger partial charge in [-0.05, 0) is 135 Å². The molecule has 11 aromatic rings. The zero-order valence-electron chi connectivity index (χ0n) is 29.8. The van der Waals surface area contributed by atoms with E-state index in [0.717, 1.165) is 17.1 Å². The molecule has 2 aromatic heterocycles. The van der Waals surface area contributed by atoms with Crippen molar-refractivity contribution in [3.8, 4) is 33.4 Å². The van der Waals surface area contributed by atoms with Crippen LogP contribution in [0.15, 0.2) is 200 Å². The maximum absolute atomic E-state index is 2.39. The lowest BCUT2D eigenvalue weighted by Crippen LogP contribution is -2.09. The SMILES string of the molecule is c1ccc(N(c2ccc(-c3cc(-c4ccc5sc6ccccc6c5c4)cc(-c4ccc5sc6ccccc6c5c4)c3)cc2)c2ccc3ccccc3c2)cc1. The van der Waals surface area contributed by atoms with Crippen molar-refractivity contribution < 1.29 is 0 Å². The number of hydrogen-bond donors (Lipinski definition) is 0. The Balaban J connectivity index is 1.06. The van der Waals surface area contributed by atoms with Gasteiger partial charge in [0.15, 0.2) is 0 Å². The van der Waals surface area contributed by atoms with E-state index >= 15 is 0 Å². The van der Waals surface area contributed by atoms with Crippen LogP contribution in [0.5, 0.6) is 0 Å². The molecule has 0 aliphatic carbocycles. The highest BCUT2D eigenvalue weighted by Crippen LogP contribution is 2.42. The van der Waals surface area contributed by atoms with Crippen molar-refractivity contribution in [1.82, 2.24) is 0 Å². The second-order valence-corrected chi connectivity index (χ2v) is 16.3. The van der Waals surface area contributed by atoms with E-state index in [4.69, 9.17) is 0 Å². The number of hydrogen-bond acceptors (Lipinski definition) is 3. The minimum atomic E-state index is 1.12. The third kappa shape index (κ3) is 5.68. The molecule has 0 amide bonds. The van der Waals surface area contributed by atoms with E-state index in [-0.39, 0.29) is 0 Å². The van der Waals surface area contributed by atoms with E-state index < -0.39 is 0 Å². The van der Waals surface area contributed by atoms with Crippen molar-refractivity contribution in [2.75, 3.05) is 4.90 Å². The fraction of sp³-hybridized carbons (Fsp3) is 0. The van der Waals surface area contributed by atoms with Gasteiger partial charge in [0, 0.05) is 57.4 Å². The summed E-state index contributed by atoms with van der Waals surface area (Å²) < 4.78 is 5.30. The largest absolute Gasteiger partial charge is 0.310 e. The molecular weight excluding hydrogens is 703 g/mol. The summed E-state index contributed by atoms with van der Waals surface area (Å²) in [6, 6.07) is 73.6. The predicted molar refractivity (Wildman–Crippen MR) is 241 cm³/mol. The van der Waals surface area contributed by atoms with Gasteiger partial charge in [-0.1, -0.05) is 109 Å². The maximum Gasteiger partial charge on any atom is 0.0468 e. The number of rotatable bonds is 6. The minimum absolute atomic E-state index is 1.12. The van der Waals surface area contributed by atoms with Crippen molar-refractivity contribution >= 4 is 90.9 Å². The van der Waals surface area contributed by atoms with Crippen molar-refractivity contribution in [1.29, 1.82) is 0 Å². The Hall–Kier alpha value is -6.52. The first kappa shape index (κ1) is 32.0. The van der Waals surface area contributed by atoms with Crippen LogP contribution in [0.25, 0.3) is 84.5 Å². The minimum Gasteiger partial charge on any atom is -0.310 e. The molecule has 3 heteroatoms. The van der Waals surface area contributed by atoms with Gasteiger partial charge in [0.1, 0.15) is 0 Å². The first-order valence-electron chi connectivity index (χ1n) is 18.6. The van der Waals surface area contributed by atoms with Crippen molar-refractivity contribution in [3.05, 3.63) is 200 Å². The summed E-state index contributed by atoms with van der Waals surface area (Å²) in [5.41, 5.74) is 10.6. The summed E-state index contributed by atoms with van der Waals surface area (Å²) in [5, 5.41) is 7.73. The van der Waals surface area contributed by atoms with Crippen LogP contribution in [0.1, 0.15) is 0 Å². The Labute approximate surface area is 327 Å². The third-order valence-corrected chi connectivity index (χ3v) is 13.1. The van der Waals surface area contributed by atoms with Crippen LogP contribution in [0, 0.1) is 0 Å². The number of anilines is 3. The Kier molecular flexibility index (Phi) is 7.61. The van der Waals surface area contributed by atoms with Crippen LogP contribution in [0.4, 0.5) is 17.1 Å². The first-order chi connectivity index (χ1) is 27.2. The molecule has 1 nitrogen and oxygen atoms in total. The molecule has 0 radical (unpaired) electrons. The summed E-state index contributed by atoms with van der Waals surface area (Å²) in [4.78, 5) is 2.35. The number of thiophene rings is 2. The van der Waals surface area contributed by atoms with Gasteiger partial charge in [-0.3, -0.25) is 0 Å². The number of fused-ring (bicyclic) bond motifs is 7. The Morgan fingerprint density at radius 2 is 0.709 bits per heavy atom. The maximum atomic E-state index is 2.39. The summed E-state index contributed by atoms with van der Waals surface area (Å²) in [6.07, 6.45) is 0. The van der Waals surface area contributed by atoms with E-state index in [1.807, 2.05) is 22.7 Å². The smallest absolute Gasteiger partial charge is 0.0468 e. The summed E-state index contributed by atoms with van der Waals surface area (Å²) in [7, 11) is 0. The average Bonchev–Trinajstić information content (AvgIpc) is 3.82. The number of nitrogens with zero attached hydrogens (tertiary/aromatic N) is 1. The fourth-order valence-corrected chi connectivity index (χ4v) is 10.3. The van der Waals surface area contributed by atoms with Gasteiger partial charge >= 0.3 is 0 Å². The molecule has 0 bridgehead atoms. The second-order valence-electron chi connectivity index (χ2n) is 14.2. The zero-order valence-corrected chi connectivity index (χ0v) is 31.4.